The van der Waals surface area contributed by atoms with Crippen LogP contribution >= 0.6 is 15.9 Å². The van der Waals surface area contributed by atoms with Gasteiger partial charge >= 0.3 is 51.4 Å². The first-order valence-electron chi connectivity index (χ1n) is 7.29. The van der Waals surface area contributed by atoms with Crippen molar-refractivity contribution >= 4 is 33.5 Å². The largest absolute Gasteiger partial charge is 1.00 e. The fourth-order valence-corrected chi connectivity index (χ4v) is 3.06. The zero-order valence-corrected chi connectivity index (χ0v) is 18.5. The Morgan fingerprint density at radius 3 is 2.80 bits per heavy atom. The number of aromatic nitrogens is 1. The Hall–Kier alpha value is -0.844. The third-order valence-corrected chi connectivity index (χ3v) is 4.20. The van der Waals surface area contributed by atoms with Crippen LogP contribution in [0.25, 0.3) is 0 Å². The van der Waals surface area contributed by atoms with Gasteiger partial charge in [-0.2, -0.15) is 5.10 Å². The molecule has 9 heteroatoms. The van der Waals surface area contributed by atoms with E-state index >= 15 is 0 Å². The number of hydrogen-bond donors (Lipinski definition) is 1. The molecule has 25 heavy (non-hydrogen) atoms. The Bertz CT molecular complexity index is 863. The Morgan fingerprint density at radius 2 is 2.12 bits per heavy atom. The molecule has 0 aliphatic heterocycles. The Kier molecular flexibility index (Phi) is 7.12. The summed E-state index contributed by atoms with van der Waals surface area (Å²) in [6, 6.07) is 1.63. The zero-order chi connectivity index (χ0) is 17.3. The van der Waals surface area contributed by atoms with Crippen LogP contribution in [-0.2, 0) is 6.42 Å². The predicted molar refractivity (Wildman–Crippen MR) is 86.7 cm³/mol. The van der Waals surface area contributed by atoms with Gasteiger partial charge in [0.25, 0.3) is 5.91 Å². The molecule has 2 heterocycles. The number of halogens is 1. The summed E-state index contributed by atoms with van der Waals surface area (Å²) in [4.78, 5) is 27.2. The van der Waals surface area contributed by atoms with Crippen LogP contribution in [-0.4, -0.2) is 22.6 Å². The average Bonchev–Trinajstić information content (AvgIpc) is 2.90. The second-order valence-corrected chi connectivity index (χ2v) is 6.30. The summed E-state index contributed by atoms with van der Waals surface area (Å²) < 4.78 is 6.05. The molecule has 0 bridgehead atoms. The molecule has 1 amide bonds. The number of aryl methyl sites for hydroxylation is 1. The van der Waals surface area contributed by atoms with E-state index in [1.807, 2.05) is 0 Å². The van der Waals surface area contributed by atoms with Crippen molar-refractivity contribution in [1.82, 2.24) is 10.4 Å². The zero-order valence-electron chi connectivity index (χ0n) is 13.8. The fraction of sp³-hybridized carbons (Fsp3) is 0.250. The van der Waals surface area contributed by atoms with Crippen molar-refractivity contribution in [3.05, 3.63) is 51.1 Å². The maximum Gasteiger partial charge on any atom is 1.00 e. The summed E-state index contributed by atoms with van der Waals surface area (Å²) >= 11 is 3.25. The van der Waals surface area contributed by atoms with E-state index in [1.165, 1.54) is 6.20 Å². The Labute approximate surface area is 194 Å². The van der Waals surface area contributed by atoms with E-state index in [0.717, 1.165) is 6.42 Å². The molecule has 0 atom stereocenters. The van der Waals surface area contributed by atoms with Crippen LogP contribution < -0.4 is 61.9 Å². The second kappa shape index (κ2) is 8.70. The predicted octanol–water partition coefficient (Wildman–Crippen LogP) is -1.42. The van der Waals surface area contributed by atoms with Crippen LogP contribution in [0.5, 0.6) is 0 Å². The van der Waals surface area contributed by atoms with Crippen molar-refractivity contribution in [3.8, 4) is 0 Å². The number of hydrazone groups is 1. The number of carboxylic acid groups (broad SMARTS) is 1. The van der Waals surface area contributed by atoms with E-state index in [9.17, 15) is 14.7 Å². The van der Waals surface area contributed by atoms with Gasteiger partial charge in [-0.05, 0) is 41.8 Å². The monoisotopic (exact) mass is 429 g/mol. The van der Waals surface area contributed by atoms with Gasteiger partial charge < -0.3 is 14.3 Å². The Morgan fingerprint density at radius 1 is 1.36 bits per heavy atom. The summed E-state index contributed by atoms with van der Waals surface area (Å²) in [7, 11) is 0. The summed E-state index contributed by atoms with van der Waals surface area (Å²) in [5, 5.41) is 15.3. The quantitative estimate of drug-likeness (QED) is 0.475. The molecule has 124 valence electrons. The molecule has 0 unspecified atom stereocenters. The number of carbonyl (C=O) groups excluding carboxylic acids is 2. The van der Waals surface area contributed by atoms with Crippen molar-refractivity contribution in [1.29, 1.82) is 0 Å². The molecular formula is C16H13BrKN3O4. The molecule has 3 rings (SSSR count). The van der Waals surface area contributed by atoms with Gasteiger partial charge in [-0.3, -0.25) is 9.78 Å². The molecule has 0 aromatic carbocycles. The minimum absolute atomic E-state index is 0. The minimum Gasteiger partial charge on any atom is -0.542 e. The van der Waals surface area contributed by atoms with Crippen LogP contribution in [0.2, 0.25) is 0 Å². The average molecular weight is 430 g/mol. The topological polar surface area (TPSA) is 108 Å². The molecule has 0 spiro atoms. The molecule has 0 radical (unpaired) electrons. The standard InChI is InChI=1S/C16H14BrN3O4.K/c1-8-13-11(3-2-4-12(13)24-14(8)16(22)23)19-20-15(21)9-5-10(17)7-18-6-9;/h5-7H,2-4H2,1H3,(H,20,21)(H,22,23);/q;+1/p-1/b19-11+;. The van der Waals surface area contributed by atoms with Crippen LogP contribution in [0.1, 0.15) is 50.6 Å². The van der Waals surface area contributed by atoms with Gasteiger partial charge in [0, 0.05) is 34.4 Å². The molecule has 2 aromatic rings. The third kappa shape index (κ3) is 4.47. The van der Waals surface area contributed by atoms with E-state index in [-0.39, 0.29) is 57.1 Å². The number of fused-ring (bicyclic) bond motifs is 1. The number of pyridine rings is 1. The number of rotatable bonds is 3. The number of carboxylic acids is 1. The second-order valence-electron chi connectivity index (χ2n) is 5.39. The van der Waals surface area contributed by atoms with E-state index in [4.69, 9.17) is 4.42 Å². The van der Waals surface area contributed by atoms with Gasteiger partial charge in [0.05, 0.1) is 11.3 Å². The number of nitrogens with one attached hydrogen (secondary N) is 1. The number of hydrogen-bond acceptors (Lipinski definition) is 6. The van der Waals surface area contributed by atoms with Gasteiger partial charge in [0.15, 0.2) is 5.76 Å². The summed E-state index contributed by atoms with van der Waals surface area (Å²) in [5.74, 6) is -1.37. The van der Waals surface area contributed by atoms with Crippen molar-refractivity contribution in [2.75, 3.05) is 0 Å². The number of furan rings is 1. The van der Waals surface area contributed by atoms with Crippen LogP contribution in [0, 0.1) is 6.92 Å². The molecule has 2 aromatic heterocycles. The van der Waals surface area contributed by atoms with Crippen molar-refractivity contribution < 1.29 is 70.5 Å². The first-order valence-corrected chi connectivity index (χ1v) is 8.08. The van der Waals surface area contributed by atoms with E-state index in [0.29, 0.717) is 45.5 Å². The van der Waals surface area contributed by atoms with Crippen LogP contribution in [0.15, 0.2) is 32.5 Å². The van der Waals surface area contributed by atoms with Gasteiger partial charge in [-0.15, -0.1) is 0 Å². The molecule has 0 saturated heterocycles. The molecule has 0 fully saturated rings. The van der Waals surface area contributed by atoms with Crippen molar-refractivity contribution in [3.63, 3.8) is 0 Å². The molecule has 1 aliphatic rings. The van der Waals surface area contributed by atoms with E-state index in [2.05, 4.69) is 31.4 Å². The van der Waals surface area contributed by atoms with E-state index in [1.54, 1.807) is 19.2 Å². The minimum atomic E-state index is -1.36. The number of aromatic carboxylic acids is 1. The molecule has 1 aliphatic carbocycles. The van der Waals surface area contributed by atoms with Gasteiger partial charge in [-0.25, -0.2) is 5.43 Å². The first kappa shape index (κ1) is 20.5. The number of nitrogens with zero attached hydrogens (tertiary/aromatic N) is 2. The van der Waals surface area contributed by atoms with Gasteiger partial charge in [0.1, 0.15) is 11.7 Å². The Balaban J connectivity index is 0.00000225. The van der Waals surface area contributed by atoms with Crippen LogP contribution in [0.4, 0.5) is 0 Å². The van der Waals surface area contributed by atoms with E-state index < -0.39 is 11.9 Å². The smallest absolute Gasteiger partial charge is 0.542 e. The number of amides is 1. The van der Waals surface area contributed by atoms with Crippen molar-refractivity contribution in [2.45, 2.75) is 26.2 Å². The maximum atomic E-state index is 12.1. The van der Waals surface area contributed by atoms with Gasteiger partial charge in [0.2, 0.25) is 0 Å². The summed E-state index contributed by atoms with van der Waals surface area (Å²) in [6.45, 7) is 1.65. The van der Waals surface area contributed by atoms with Crippen LogP contribution in [0.3, 0.4) is 0 Å². The maximum absolute atomic E-state index is 12.1. The first-order chi connectivity index (χ1) is 11.5. The van der Waals surface area contributed by atoms with Crippen molar-refractivity contribution in [2.24, 2.45) is 5.10 Å². The van der Waals surface area contributed by atoms with Gasteiger partial charge in [-0.1, -0.05) is 0 Å². The fourth-order valence-electron chi connectivity index (χ4n) is 2.69. The molecule has 1 N–H and O–H groups in total. The molecule has 0 saturated carbocycles. The summed E-state index contributed by atoms with van der Waals surface area (Å²) in [5.41, 5.74) is 4.57. The molecular weight excluding hydrogens is 417 g/mol. The number of carbonyl (C=O) groups is 2. The normalized spacial score (nSPS) is 14.6. The summed E-state index contributed by atoms with van der Waals surface area (Å²) in [6.07, 6.45) is 5.03. The SMILES string of the molecule is Cc1c(C(=O)[O-])oc2c1/C(=N/NC(=O)c1cncc(Br)c1)CCC2.[K+]. The third-order valence-electron chi connectivity index (χ3n) is 3.77. The molecule has 7 nitrogen and oxygen atoms in total.